The van der Waals surface area contributed by atoms with E-state index in [2.05, 4.69) is 9.88 Å². The zero-order chi connectivity index (χ0) is 19.7. The molecule has 1 saturated heterocycles. The number of hydrogen-bond acceptors (Lipinski definition) is 3. The van der Waals surface area contributed by atoms with E-state index in [1.54, 1.807) is 6.92 Å². The number of hydrogen-bond donors (Lipinski definition) is 2. The summed E-state index contributed by atoms with van der Waals surface area (Å²) in [5.41, 5.74) is 3.68. The first-order valence-corrected chi connectivity index (χ1v) is 9.85. The lowest BCUT2D eigenvalue weighted by Gasteiger charge is -2.36. The fourth-order valence-corrected chi connectivity index (χ4v) is 4.09. The number of carbonyl (C=O) groups excluding carboxylic acids is 2. The van der Waals surface area contributed by atoms with Gasteiger partial charge in [0.25, 0.3) is 0 Å². The van der Waals surface area contributed by atoms with Crippen LogP contribution in [0.2, 0.25) is 0 Å². The third kappa shape index (κ3) is 3.45. The van der Waals surface area contributed by atoms with Crippen LogP contribution in [0.1, 0.15) is 34.6 Å². The van der Waals surface area contributed by atoms with Gasteiger partial charge in [0.05, 0.1) is 26.2 Å². The second kappa shape index (κ2) is 7.60. The van der Waals surface area contributed by atoms with Crippen LogP contribution >= 0.6 is 0 Å². The van der Waals surface area contributed by atoms with Crippen LogP contribution in [-0.4, -0.2) is 48.8 Å². The molecular formula is C23H26N3O2+. The van der Waals surface area contributed by atoms with Crippen LogP contribution in [0, 0.1) is 0 Å². The minimum absolute atomic E-state index is 0.0681. The Morgan fingerprint density at radius 2 is 1.71 bits per heavy atom. The predicted octanol–water partition coefficient (Wildman–Crippen LogP) is 2.35. The number of anilines is 1. The zero-order valence-corrected chi connectivity index (χ0v) is 16.4. The summed E-state index contributed by atoms with van der Waals surface area (Å²) < 4.78 is 0. The number of nitrogens with one attached hydrogen (secondary N) is 2. The molecule has 144 valence electrons. The predicted molar refractivity (Wildman–Crippen MR) is 111 cm³/mol. The average Bonchev–Trinajstić information content (AvgIpc) is 3.17. The molecule has 2 aromatic carbocycles. The van der Waals surface area contributed by atoms with Gasteiger partial charge in [0, 0.05) is 33.9 Å². The first-order chi connectivity index (χ1) is 13.5. The summed E-state index contributed by atoms with van der Waals surface area (Å²) in [6.45, 7) is 7.27. The van der Waals surface area contributed by atoms with E-state index in [0.717, 1.165) is 53.9 Å². The maximum Gasteiger partial charge on any atom is 0.221 e. The molecule has 1 aromatic heterocycles. The third-order valence-corrected chi connectivity index (χ3v) is 5.91. The van der Waals surface area contributed by atoms with Crippen molar-refractivity contribution in [3.63, 3.8) is 0 Å². The standard InChI is InChI=1S/C23H25N3O2/c1-16(23(28)21-15-24-22-6-4-3-5-20(21)22)25-11-13-26(14-12-25)19-9-7-18(8-10-19)17(2)27/h3-10,15-16,24H,11-14H2,1-2H3/p+1/t16-/m0/s1. The van der Waals surface area contributed by atoms with Gasteiger partial charge in [0.15, 0.2) is 5.78 Å². The van der Waals surface area contributed by atoms with Crippen LogP contribution in [0.25, 0.3) is 10.9 Å². The molecule has 1 aliphatic rings. The van der Waals surface area contributed by atoms with E-state index in [9.17, 15) is 9.59 Å². The SMILES string of the molecule is CC(=O)c1ccc(N2CC[NH+]([C@@H](C)C(=O)c3c[nH]c4ccccc34)CC2)cc1. The fourth-order valence-electron chi connectivity index (χ4n) is 4.09. The smallest absolute Gasteiger partial charge is 0.221 e. The Labute approximate surface area is 165 Å². The number of nitrogens with zero attached hydrogens (tertiary/aromatic N) is 1. The molecule has 1 aliphatic heterocycles. The number of carbonyl (C=O) groups is 2. The number of benzene rings is 2. The second-order valence-electron chi connectivity index (χ2n) is 7.58. The third-order valence-electron chi connectivity index (χ3n) is 5.91. The number of piperazine rings is 1. The lowest BCUT2D eigenvalue weighted by Crippen LogP contribution is -3.18. The molecule has 1 atom stereocenters. The summed E-state index contributed by atoms with van der Waals surface area (Å²) >= 11 is 0. The lowest BCUT2D eigenvalue weighted by molar-refractivity contribution is -0.914. The normalized spacial score (nSPS) is 16.3. The average molecular weight is 376 g/mol. The van der Waals surface area contributed by atoms with Crippen LogP contribution in [-0.2, 0) is 0 Å². The monoisotopic (exact) mass is 376 g/mol. The van der Waals surface area contributed by atoms with E-state index < -0.39 is 0 Å². The van der Waals surface area contributed by atoms with Crippen molar-refractivity contribution in [1.29, 1.82) is 0 Å². The van der Waals surface area contributed by atoms with Crippen molar-refractivity contribution in [2.24, 2.45) is 0 Å². The number of fused-ring (bicyclic) bond motifs is 1. The van der Waals surface area contributed by atoms with Crippen LogP contribution < -0.4 is 9.80 Å². The number of ketones is 2. The summed E-state index contributed by atoms with van der Waals surface area (Å²) in [6.07, 6.45) is 1.84. The highest BCUT2D eigenvalue weighted by Crippen LogP contribution is 2.19. The molecule has 5 nitrogen and oxygen atoms in total. The van der Waals surface area contributed by atoms with Gasteiger partial charge in [-0.15, -0.1) is 0 Å². The van der Waals surface area contributed by atoms with Crippen molar-refractivity contribution in [1.82, 2.24) is 4.98 Å². The van der Waals surface area contributed by atoms with E-state index in [1.807, 2.05) is 61.7 Å². The van der Waals surface area contributed by atoms with Gasteiger partial charge in [-0.05, 0) is 44.2 Å². The van der Waals surface area contributed by atoms with E-state index in [0.29, 0.717) is 0 Å². The van der Waals surface area contributed by atoms with Crippen molar-refractivity contribution in [3.8, 4) is 0 Å². The summed E-state index contributed by atoms with van der Waals surface area (Å²) in [6, 6.07) is 15.7. The number of para-hydroxylation sites is 1. The Morgan fingerprint density at radius 3 is 2.39 bits per heavy atom. The fraction of sp³-hybridized carbons (Fsp3) is 0.304. The summed E-state index contributed by atoms with van der Waals surface area (Å²) in [7, 11) is 0. The van der Waals surface area contributed by atoms with Gasteiger partial charge < -0.3 is 14.8 Å². The highest BCUT2D eigenvalue weighted by atomic mass is 16.1. The van der Waals surface area contributed by atoms with Gasteiger partial charge in [-0.1, -0.05) is 18.2 Å². The Morgan fingerprint density at radius 1 is 1.04 bits per heavy atom. The van der Waals surface area contributed by atoms with Crippen molar-refractivity contribution in [2.75, 3.05) is 31.1 Å². The van der Waals surface area contributed by atoms with E-state index in [4.69, 9.17) is 0 Å². The highest BCUT2D eigenvalue weighted by Gasteiger charge is 2.31. The lowest BCUT2D eigenvalue weighted by atomic mass is 10.0. The molecule has 0 bridgehead atoms. The number of quaternary nitrogens is 1. The number of rotatable bonds is 5. The van der Waals surface area contributed by atoms with Crippen LogP contribution in [0.15, 0.2) is 54.7 Å². The largest absolute Gasteiger partial charge is 0.360 e. The molecule has 5 heteroatoms. The Kier molecular flexibility index (Phi) is 5.01. The van der Waals surface area contributed by atoms with Gasteiger partial charge >= 0.3 is 0 Å². The molecule has 2 N–H and O–H groups in total. The topological polar surface area (TPSA) is 57.6 Å². The molecule has 0 spiro atoms. The van der Waals surface area contributed by atoms with Crippen LogP contribution in [0.5, 0.6) is 0 Å². The number of aromatic amines is 1. The Hall–Kier alpha value is -2.92. The van der Waals surface area contributed by atoms with E-state index in [-0.39, 0.29) is 17.6 Å². The van der Waals surface area contributed by atoms with Gasteiger partial charge in [0.2, 0.25) is 5.78 Å². The number of Topliss-reactive ketones (excluding diaryl/α,β-unsaturated/α-hetero) is 2. The maximum absolute atomic E-state index is 13.1. The summed E-state index contributed by atoms with van der Waals surface area (Å²) in [4.78, 5) is 31.4. The van der Waals surface area contributed by atoms with Crippen LogP contribution in [0.4, 0.5) is 5.69 Å². The molecule has 28 heavy (non-hydrogen) atoms. The molecule has 0 saturated carbocycles. The summed E-state index contributed by atoms with van der Waals surface area (Å²) in [5, 5.41) is 1.00. The van der Waals surface area contributed by atoms with Crippen LogP contribution in [0.3, 0.4) is 0 Å². The second-order valence-corrected chi connectivity index (χ2v) is 7.58. The van der Waals surface area contributed by atoms with Crippen molar-refractivity contribution >= 4 is 28.2 Å². The Bertz CT molecular complexity index is 998. The molecule has 4 rings (SSSR count). The van der Waals surface area contributed by atoms with Gasteiger partial charge in [0.1, 0.15) is 6.04 Å². The molecule has 2 heterocycles. The van der Waals surface area contributed by atoms with Gasteiger partial charge in [-0.3, -0.25) is 9.59 Å². The molecular weight excluding hydrogens is 350 g/mol. The van der Waals surface area contributed by atoms with Crippen molar-refractivity contribution in [2.45, 2.75) is 19.9 Å². The Balaban J connectivity index is 1.41. The zero-order valence-electron chi connectivity index (χ0n) is 16.4. The van der Waals surface area contributed by atoms with Crippen molar-refractivity contribution in [3.05, 3.63) is 65.9 Å². The quantitative estimate of drug-likeness (QED) is 0.672. The first kappa shape index (κ1) is 18.4. The maximum atomic E-state index is 13.1. The number of aromatic nitrogens is 1. The van der Waals surface area contributed by atoms with E-state index in [1.165, 1.54) is 4.90 Å². The summed E-state index contributed by atoms with van der Waals surface area (Å²) in [5.74, 6) is 0.289. The molecule has 1 fully saturated rings. The van der Waals surface area contributed by atoms with Gasteiger partial charge in [-0.25, -0.2) is 0 Å². The molecule has 3 aromatic rings. The number of H-pyrrole nitrogens is 1. The van der Waals surface area contributed by atoms with E-state index >= 15 is 0 Å². The molecule has 0 amide bonds. The minimum Gasteiger partial charge on any atom is -0.360 e. The highest BCUT2D eigenvalue weighted by molar-refractivity contribution is 6.09. The minimum atomic E-state index is -0.0681. The molecule has 0 unspecified atom stereocenters. The van der Waals surface area contributed by atoms with Gasteiger partial charge in [-0.2, -0.15) is 0 Å². The molecule has 0 aliphatic carbocycles. The van der Waals surface area contributed by atoms with Crippen molar-refractivity contribution < 1.29 is 14.5 Å². The first-order valence-electron chi connectivity index (χ1n) is 9.85. The molecule has 0 radical (unpaired) electrons.